The molecule has 2 aliphatic rings. The lowest BCUT2D eigenvalue weighted by Crippen LogP contribution is -2.13. The highest BCUT2D eigenvalue weighted by Gasteiger charge is 2.49. The molecule has 2 N–H and O–H groups in total. The van der Waals surface area contributed by atoms with Gasteiger partial charge >= 0.3 is 0 Å². The number of rotatable bonds is 2. The summed E-state index contributed by atoms with van der Waals surface area (Å²) in [7, 11) is 0. The van der Waals surface area contributed by atoms with Gasteiger partial charge < -0.3 is 0 Å². The summed E-state index contributed by atoms with van der Waals surface area (Å²) >= 11 is 0. The van der Waals surface area contributed by atoms with Crippen molar-refractivity contribution in [2.24, 2.45) is 22.9 Å². The van der Waals surface area contributed by atoms with Crippen LogP contribution in [0, 0.1) is 17.8 Å². The number of nitrogens with one attached hydrogen (secondary N) is 2. The molecule has 0 amide bonds. The van der Waals surface area contributed by atoms with Gasteiger partial charge in [0.1, 0.15) is 5.70 Å². The summed E-state index contributed by atoms with van der Waals surface area (Å²) in [5.74, 6) is 2.78. The number of aromatic amines is 1. The van der Waals surface area contributed by atoms with Crippen molar-refractivity contribution in [1.29, 1.82) is 0 Å². The highest BCUT2D eigenvalue weighted by atomic mass is 15.5. The van der Waals surface area contributed by atoms with Crippen LogP contribution in [0.25, 0.3) is 5.70 Å². The van der Waals surface area contributed by atoms with Crippen molar-refractivity contribution in [3.63, 3.8) is 0 Å². The number of hydrogen-bond donors (Lipinski definition) is 2. The fourth-order valence-corrected chi connectivity index (χ4v) is 2.88. The third-order valence-electron chi connectivity index (χ3n) is 3.82. The molecule has 1 aliphatic carbocycles. The third kappa shape index (κ3) is 1.73. The molecule has 1 aliphatic heterocycles. The van der Waals surface area contributed by atoms with Crippen LogP contribution in [0.4, 0.5) is 0 Å². The zero-order valence-electron chi connectivity index (χ0n) is 10.0. The van der Waals surface area contributed by atoms with E-state index in [1.807, 2.05) is 0 Å². The molecule has 3 rings (SSSR count). The molecule has 0 bridgehead atoms. The van der Waals surface area contributed by atoms with Crippen molar-refractivity contribution >= 4 is 11.4 Å². The predicted molar refractivity (Wildman–Crippen MR) is 63.8 cm³/mol. The lowest BCUT2D eigenvalue weighted by atomic mass is 10.1. The minimum atomic E-state index is 0.577. The number of hydrazone groups is 1. The number of hydrogen-bond acceptors (Lipinski definition) is 5. The molecule has 1 aromatic heterocycles. The van der Waals surface area contributed by atoms with Gasteiger partial charge in [0, 0.05) is 11.6 Å². The number of H-pyrrole nitrogens is 1. The van der Waals surface area contributed by atoms with Crippen molar-refractivity contribution in [2.75, 3.05) is 0 Å². The molecular formula is C11H16N6. The summed E-state index contributed by atoms with van der Waals surface area (Å²) in [5.41, 5.74) is 5.08. The highest BCUT2D eigenvalue weighted by molar-refractivity contribution is 5.88. The number of allylic oxidation sites excluding steroid dienone is 1. The van der Waals surface area contributed by atoms with Crippen LogP contribution in [0.15, 0.2) is 11.2 Å². The van der Waals surface area contributed by atoms with E-state index in [1.165, 1.54) is 12.1 Å². The SMILES string of the molecule is CC[C@H]1[C@@H]2C/C=C(\c3nn[nH]n3)N/N=C(\C)[C@H]12. The van der Waals surface area contributed by atoms with Gasteiger partial charge in [0.25, 0.3) is 0 Å². The summed E-state index contributed by atoms with van der Waals surface area (Å²) in [6, 6.07) is 0. The Morgan fingerprint density at radius 2 is 2.35 bits per heavy atom. The number of nitrogens with zero attached hydrogens (tertiary/aromatic N) is 4. The fourth-order valence-electron chi connectivity index (χ4n) is 2.88. The second kappa shape index (κ2) is 3.94. The molecule has 3 atom stereocenters. The standard InChI is InChI=1S/C11H16N6/c1-3-7-8-4-5-9(11-14-16-17-15-11)13-12-6(2)10(7)8/h5,7-8,10,13H,3-4H2,1-2H3,(H,14,15,16,17)/b9-5+,12-6+/t7-,8-,10+/m0/s1. The Kier molecular flexibility index (Phi) is 2.42. The van der Waals surface area contributed by atoms with Gasteiger partial charge in [0.05, 0.1) is 0 Å². The molecule has 17 heavy (non-hydrogen) atoms. The Balaban J connectivity index is 1.84. The number of aromatic nitrogens is 4. The zero-order chi connectivity index (χ0) is 11.8. The third-order valence-corrected chi connectivity index (χ3v) is 3.82. The van der Waals surface area contributed by atoms with Crippen LogP contribution in [0.5, 0.6) is 0 Å². The van der Waals surface area contributed by atoms with E-state index in [4.69, 9.17) is 0 Å². The molecule has 0 radical (unpaired) electrons. The van der Waals surface area contributed by atoms with Gasteiger partial charge in [-0.2, -0.15) is 10.3 Å². The Bertz CT molecular complexity index is 460. The summed E-state index contributed by atoms with van der Waals surface area (Å²) in [5, 5.41) is 18.4. The minimum Gasteiger partial charge on any atom is -0.275 e. The van der Waals surface area contributed by atoms with Gasteiger partial charge in [-0.05, 0) is 30.4 Å². The van der Waals surface area contributed by atoms with Crippen LogP contribution in [-0.2, 0) is 0 Å². The van der Waals surface area contributed by atoms with E-state index < -0.39 is 0 Å². The Labute approximate surface area is 99.6 Å². The maximum Gasteiger partial charge on any atom is 0.221 e. The fraction of sp³-hybridized carbons (Fsp3) is 0.636. The van der Waals surface area contributed by atoms with E-state index in [-0.39, 0.29) is 0 Å². The second-order valence-electron chi connectivity index (χ2n) is 4.72. The van der Waals surface area contributed by atoms with Crippen molar-refractivity contribution in [1.82, 2.24) is 26.0 Å². The van der Waals surface area contributed by atoms with E-state index in [0.29, 0.717) is 11.7 Å². The monoisotopic (exact) mass is 232 g/mol. The molecule has 90 valence electrons. The van der Waals surface area contributed by atoms with E-state index in [9.17, 15) is 0 Å². The summed E-state index contributed by atoms with van der Waals surface area (Å²) in [4.78, 5) is 0. The van der Waals surface area contributed by atoms with E-state index in [0.717, 1.165) is 24.0 Å². The smallest absolute Gasteiger partial charge is 0.221 e. The van der Waals surface area contributed by atoms with Crippen molar-refractivity contribution in [3.05, 3.63) is 11.9 Å². The van der Waals surface area contributed by atoms with Crippen LogP contribution in [0.1, 0.15) is 32.5 Å². The summed E-state index contributed by atoms with van der Waals surface area (Å²) in [6.45, 7) is 4.35. The molecule has 0 unspecified atom stereocenters. The maximum absolute atomic E-state index is 4.42. The second-order valence-corrected chi connectivity index (χ2v) is 4.72. The first-order valence-electron chi connectivity index (χ1n) is 6.05. The maximum atomic E-state index is 4.42. The van der Waals surface area contributed by atoms with Crippen LogP contribution in [0.3, 0.4) is 0 Å². The molecule has 6 heteroatoms. The zero-order valence-corrected chi connectivity index (χ0v) is 10.0. The van der Waals surface area contributed by atoms with Crippen molar-refractivity contribution in [3.8, 4) is 0 Å². The van der Waals surface area contributed by atoms with Gasteiger partial charge in [-0.3, -0.25) is 5.43 Å². The van der Waals surface area contributed by atoms with Crippen LogP contribution >= 0.6 is 0 Å². The van der Waals surface area contributed by atoms with E-state index in [2.05, 4.69) is 51.1 Å². The molecule has 1 aromatic rings. The quantitative estimate of drug-likeness (QED) is 0.802. The average Bonchev–Trinajstić information content (AvgIpc) is 2.73. The first-order valence-corrected chi connectivity index (χ1v) is 6.05. The Hall–Kier alpha value is -1.72. The Morgan fingerprint density at radius 1 is 1.47 bits per heavy atom. The van der Waals surface area contributed by atoms with E-state index in [1.54, 1.807) is 0 Å². The van der Waals surface area contributed by atoms with Gasteiger partial charge in [-0.25, -0.2) is 0 Å². The molecule has 2 heterocycles. The molecule has 0 saturated heterocycles. The van der Waals surface area contributed by atoms with Gasteiger partial charge in [0.15, 0.2) is 0 Å². The van der Waals surface area contributed by atoms with Crippen LogP contribution < -0.4 is 5.43 Å². The molecule has 6 nitrogen and oxygen atoms in total. The lowest BCUT2D eigenvalue weighted by molar-refractivity contribution is 0.687. The molecule has 0 aromatic carbocycles. The first-order chi connectivity index (χ1) is 8.31. The predicted octanol–water partition coefficient (Wildman–Crippen LogP) is 1.18. The van der Waals surface area contributed by atoms with Gasteiger partial charge in [0.2, 0.25) is 5.82 Å². The summed E-state index contributed by atoms with van der Waals surface area (Å²) < 4.78 is 0. The van der Waals surface area contributed by atoms with Crippen LogP contribution in [0.2, 0.25) is 0 Å². The average molecular weight is 232 g/mol. The number of tetrazole rings is 1. The van der Waals surface area contributed by atoms with E-state index >= 15 is 0 Å². The van der Waals surface area contributed by atoms with Crippen molar-refractivity contribution in [2.45, 2.75) is 26.7 Å². The first kappa shape index (κ1) is 10.4. The Morgan fingerprint density at radius 3 is 3.06 bits per heavy atom. The van der Waals surface area contributed by atoms with Gasteiger partial charge in [-0.15, -0.1) is 10.2 Å². The minimum absolute atomic E-state index is 0.577. The highest BCUT2D eigenvalue weighted by Crippen LogP contribution is 2.52. The summed E-state index contributed by atoms with van der Waals surface area (Å²) in [6.07, 6.45) is 4.43. The molecule has 0 spiro atoms. The van der Waals surface area contributed by atoms with Gasteiger partial charge in [-0.1, -0.05) is 19.4 Å². The lowest BCUT2D eigenvalue weighted by Gasteiger charge is -2.07. The number of fused-ring (bicyclic) bond motifs is 1. The molecule has 1 fully saturated rings. The topological polar surface area (TPSA) is 78.8 Å². The molecular weight excluding hydrogens is 216 g/mol. The largest absolute Gasteiger partial charge is 0.275 e. The molecule has 1 saturated carbocycles. The van der Waals surface area contributed by atoms with Crippen LogP contribution in [-0.4, -0.2) is 26.3 Å². The normalized spacial score (nSPS) is 37.6. The van der Waals surface area contributed by atoms with Crippen molar-refractivity contribution < 1.29 is 0 Å².